The predicted octanol–water partition coefficient (Wildman–Crippen LogP) is 4.99. The number of aryl methyl sites for hydroxylation is 1. The van der Waals surface area contributed by atoms with Crippen LogP contribution in [0.1, 0.15) is 47.4 Å². The fraction of sp³-hybridized carbons (Fsp3) is 0.281. The average molecular weight is 618 g/mol. The number of fused-ring (bicyclic) bond motifs is 3. The number of ether oxygens (including phenoxy) is 2. The molecule has 0 aliphatic carbocycles. The second kappa shape index (κ2) is 13.2. The van der Waals surface area contributed by atoms with Crippen LogP contribution in [0.5, 0.6) is 5.75 Å². The molecule has 228 valence electrons. The largest absolute Gasteiger partial charge is 0.488 e. The molecule has 1 unspecified atom stereocenters. The van der Waals surface area contributed by atoms with Crippen molar-refractivity contribution in [2.75, 3.05) is 35.1 Å². The molecule has 4 aromatic rings. The highest BCUT2D eigenvalue weighted by molar-refractivity contribution is 6.19. The van der Waals surface area contributed by atoms with Gasteiger partial charge in [0, 0.05) is 68.5 Å². The van der Waals surface area contributed by atoms with Gasteiger partial charge in [-0.1, -0.05) is 36.4 Å². The summed E-state index contributed by atoms with van der Waals surface area (Å²) < 4.78 is 12.4. The van der Waals surface area contributed by atoms with E-state index in [-0.39, 0.29) is 48.1 Å². The number of hydrogen-bond donors (Lipinski definition) is 2. The Morgan fingerprint density at radius 1 is 1.02 bits per heavy atom. The van der Waals surface area contributed by atoms with Gasteiger partial charge in [0.1, 0.15) is 12.4 Å². The van der Waals surface area contributed by atoms with Crippen LogP contribution in [0.3, 0.4) is 0 Å². The molecule has 0 bridgehead atoms. The first-order valence-electron chi connectivity index (χ1n) is 14.0. The Morgan fingerprint density at radius 3 is 2.50 bits per heavy atom. The first-order valence-corrected chi connectivity index (χ1v) is 14.5. The van der Waals surface area contributed by atoms with E-state index in [1.165, 1.54) is 24.8 Å². The Kier molecular flexibility index (Phi) is 9.15. The number of carbonyl (C=O) groups excluding carboxylic acids is 4. The summed E-state index contributed by atoms with van der Waals surface area (Å²) in [7, 11) is 2.86. The number of esters is 1. The van der Waals surface area contributed by atoms with Crippen molar-refractivity contribution in [1.29, 1.82) is 0 Å². The lowest BCUT2D eigenvalue weighted by Gasteiger charge is -2.20. The number of nitrogens with zero attached hydrogens (tertiary/aromatic N) is 3. The highest BCUT2D eigenvalue weighted by Gasteiger charge is 2.35. The third-order valence-electron chi connectivity index (χ3n) is 7.34. The van der Waals surface area contributed by atoms with Gasteiger partial charge in [-0.3, -0.25) is 14.4 Å². The quantitative estimate of drug-likeness (QED) is 0.189. The molecule has 0 spiro atoms. The van der Waals surface area contributed by atoms with E-state index < -0.39 is 11.9 Å². The van der Waals surface area contributed by atoms with Gasteiger partial charge in [-0.25, -0.2) is 9.78 Å². The van der Waals surface area contributed by atoms with Crippen LogP contribution in [0.15, 0.2) is 60.8 Å². The molecule has 3 amide bonds. The molecule has 12 heteroatoms. The summed E-state index contributed by atoms with van der Waals surface area (Å²) in [6, 6.07) is 17.1. The van der Waals surface area contributed by atoms with Gasteiger partial charge in [-0.2, -0.15) is 0 Å². The molecule has 11 nitrogen and oxygen atoms in total. The fourth-order valence-electron chi connectivity index (χ4n) is 5.33. The summed E-state index contributed by atoms with van der Waals surface area (Å²) in [5, 5.41) is 7.11. The molecule has 1 aromatic heterocycles. The number of aromatic nitrogens is 2. The molecule has 0 saturated heterocycles. The van der Waals surface area contributed by atoms with E-state index in [1.54, 1.807) is 11.9 Å². The van der Waals surface area contributed by atoms with Gasteiger partial charge in [0.2, 0.25) is 23.5 Å². The molecular formula is C32H32ClN5O6. The number of amides is 3. The standard InChI is InChI=1S/C32H32ClN5O6/c1-19(39)34-22-9-10-23-24(13-22)26(44-18-20-7-5-4-6-8-20)14-25-30(23)21(15-33)16-38(25)29(41)12-11-28(40)35-27-17-37(2)31(36-27)32(42)43-3/h4-10,13-14,17,21H,11-12,15-16,18H2,1-3H3,(H,34,39)(H,35,40). The molecule has 2 N–H and O–H groups in total. The van der Waals surface area contributed by atoms with Crippen LogP contribution in [0.25, 0.3) is 10.8 Å². The number of rotatable bonds is 10. The van der Waals surface area contributed by atoms with Crippen molar-refractivity contribution in [2.45, 2.75) is 32.3 Å². The van der Waals surface area contributed by atoms with E-state index in [1.807, 2.05) is 54.6 Å². The van der Waals surface area contributed by atoms with Crippen LogP contribution >= 0.6 is 11.6 Å². The monoisotopic (exact) mass is 617 g/mol. The van der Waals surface area contributed by atoms with Gasteiger partial charge < -0.3 is 29.6 Å². The van der Waals surface area contributed by atoms with E-state index in [0.717, 1.165) is 21.9 Å². The normalized spacial score (nSPS) is 13.8. The third kappa shape index (κ3) is 6.52. The minimum Gasteiger partial charge on any atom is -0.488 e. The maximum atomic E-state index is 13.5. The van der Waals surface area contributed by atoms with Gasteiger partial charge in [0.05, 0.1) is 12.8 Å². The molecule has 0 saturated carbocycles. The van der Waals surface area contributed by atoms with Gasteiger partial charge in [0.15, 0.2) is 5.82 Å². The van der Waals surface area contributed by atoms with E-state index in [4.69, 9.17) is 21.1 Å². The van der Waals surface area contributed by atoms with Crippen LogP contribution in [0, 0.1) is 0 Å². The maximum absolute atomic E-state index is 13.5. The Bertz CT molecular complexity index is 1740. The van der Waals surface area contributed by atoms with Gasteiger partial charge in [-0.05, 0) is 28.6 Å². The third-order valence-corrected chi connectivity index (χ3v) is 7.72. The molecule has 5 rings (SSSR count). The highest BCUT2D eigenvalue weighted by Crippen LogP contribution is 2.46. The van der Waals surface area contributed by atoms with Crippen molar-refractivity contribution >= 4 is 63.3 Å². The van der Waals surface area contributed by atoms with E-state index in [2.05, 4.69) is 15.6 Å². The number of benzene rings is 3. The van der Waals surface area contributed by atoms with Gasteiger partial charge in [-0.15, -0.1) is 11.6 Å². The summed E-state index contributed by atoms with van der Waals surface area (Å²) in [6.45, 7) is 2.10. The van der Waals surface area contributed by atoms with E-state index in [0.29, 0.717) is 30.3 Å². The van der Waals surface area contributed by atoms with Gasteiger partial charge in [0.25, 0.3) is 0 Å². The number of halogens is 1. The SMILES string of the molecule is COC(=O)c1nc(NC(=O)CCC(=O)N2CC(CCl)c3c2cc(OCc2ccccc2)c2cc(NC(C)=O)ccc32)cn1C. The Labute approximate surface area is 259 Å². The Hall–Kier alpha value is -4.90. The smallest absolute Gasteiger partial charge is 0.374 e. The molecule has 0 radical (unpaired) electrons. The predicted molar refractivity (Wildman–Crippen MR) is 167 cm³/mol. The minimum atomic E-state index is -0.629. The molecule has 2 heterocycles. The zero-order valence-corrected chi connectivity index (χ0v) is 25.3. The Balaban J connectivity index is 1.40. The van der Waals surface area contributed by atoms with Crippen LogP contribution in [-0.2, 0) is 32.8 Å². The summed E-state index contributed by atoms with van der Waals surface area (Å²) in [5.41, 5.74) is 3.19. The first-order chi connectivity index (χ1) is 21.2. The zero-order valence-electron chi connectivity index (χ0n) is 24.6. The number of carbonyl (C=O) groups is 4. The lowest BCUT2D eigenvalue weighted by atomic mass is 9.95. The van der Waals surface area contributed by atoms with E-state index >= 15 is 0 Å². The molecule has 1 aliphatic heterocycles. The summed E-state index contributed by atoms with van der Waals surface area (Å²) in [6.07, 6.45) is 1.34. The second-order valence-corrected chi connectivity index (χ2v) is 10.8. The van der Waals surface area contributed by atoms with Crippen molar-refractivity contribution in [2.24, 2.45) is 7.05 Å². The number of methoxy groups -OCH3 is 1. The second-order valence-electron chi connectivity index (χ2n) is 10.5. The summed E-state index contributed by atoms with van der Waals surface area (Å²) in [5.74, 6) is -0.563. The van der Waals surface area contributed by atoms with Crippen LogP contribution in [-0.4, -0.2) is 52.8 Å². The Morgan fingerprint density at radius 2 is 1.80 bits per heavy atom. The lowest BCUT2D eigenvalue weighted by molar-refractivity contribution is -0.122. The number of nitrogens with one attached hydrogen (secondary N) is 2. The van der Waals surface area contributed by atoms with Crippen molar-refractivity contribution < 1.29 is 28.7 Å². The minimum absolute atomic E-state index is 0.0429. The van der Waals surface area contributed by atoms with Crippen LogP contribution < -0.4 is 20.3 Å². The van der Waals surface area contributed by atoms with Crippen LogP contribution in [0.2, 0.25) is 0 Å². The average Bonchev–Trinajstić information content (AvgIpc) is 3.58. The molecule has 1 atom stereocenters. The topological polar surface area (TPSA) is 132 Å². The van der Waals surface area contributed by atoms with Crippen molar-refractivity contribution in [3.8, 4) is 5.75 Å². The van der Waals surface area contributed by atoms with E-state index in [9.17, 15) is 19.2 Å². The molecule has 44 heavy (non-hydrogen) atoms. The molecule has 1 aliphatic rings. The first kappa shape index (κ1) is 30.6. The highest BCUT2D eigenvalue weighted by atomic mass is 35.5. The summed E-state index contributed by atoms with van der Waals surface area (Å²) in [4.78, 5) is 55.6. The lowest BCUT2D eigenvalue weighted by Crippen LogP contribution is -2.30. The number of alkyl halides is 1. The fourth-order valence-corrected chi connectivity index (χ4v) is 5.58. The number of anilines is 3. The zero-order chi connectivity index (χ0) is 31.4. The molecule has 3 aromatic carbocycles. The maximum Gasteiger partial charge on any atom is 0.374 e. The number of hydrogen-bond acceptors (Lipinski definition) is 7. The molecule has 0 fully saturated rings. The van der Waals surface area contributed by atoms with Crippen LogP contribution in [0.4, 0.5) is 17.2 Å². The molecular weight excluding hydrogens is 586 g/mol. The van der Waals surface area contributed by atoms with Crippen molar-refractivity contribution in [1.82, 2.24) is 9.55 Å². The summed E-state index contributed by atoms with van der Waals surface area (Å²) >= 11 is 6.42. The van der Waals surface area contributed by atoms with Crippen molar-refractivity contribution in [3.63, 3.8) is 0 Å². The number of imidazole rings is 1. The van der Waals surface area contributed by atoms with Gasteiger partial charge >= 0.3 is 5.97 Å². The van der Waals surface area contributed by atoms with Crippen molar-refractivity contribution in [3.05, 3.63) is 77.7 Å².